The van der Waals surface area contributed by atoms with E-state index in [0.717, 1.165) is 40.0 Å². The first-order valence-corrected chi connectivity index (χ1v) is 11.5. The molecule has 0 radical (unpaired) electrons. The number of hydrogen-bond donors (Lipinski definition) is 2. The predicted octanol–water partition coefficient (Wildman–Crippen LogP) is 3.63. The summed E-state index contributed by atoms with van der Waals surface area (Å²) in [6.07, 6.45) is 7.64. The summed E-state index contributed by atoms with van der Waals surface area (Å²) in [5.41, 5.74) is 4.55. The second-order valence-electron chi connectivity index (χ2n) is 8.76. The molecule has 2 atom stereocenters. The van der Waals surface area contributed by atoms with Gasteiger partial charge in [0.05, 0.1) is 12.5 Å². The number of rotatable bonds is 7. The van der Waals surface area contributed by atoms with Gasteiger partial charge in [-0.15, -0.1) is 6.42 Å². The number of nitrogens with zero attached hydrogens (tertiary/aromatic N) is 1. The molecule has 0 saturated heterocycles. The van der Waals surface area contributed by atoms with Gasteiger partial charge in [-0.2, -0.15) is 0 Å². The largest absolute Gasteiger partial charge is 0.480 e. The Hall–Kier alpha value is -3.79. The topological polar surface area (TPSA) is 95.9 Å². The van der Waals surface area contributed by atoms with E-state index >= 15 is 0 Å². The molecule has 0 bridgehead atoms. The van der Waals surface area contributed by atoms with Crippen molar-refractivity contribution in [3.63, 3.8) is 0 Å². The minimum Gasteiger partial charge on any atom is -0.480 e. The van der Waals surface area contributed by atoms with Crippen molar-refractivity contribution in [3.05, 3.63) is 59.7 Å². The number of benzene rings is 2. The predicted molar refractivity (Wildman–Crippen MR) is 127 cm³/mol. The zero-order chi connectivity index (χ0) is 24.1. The highest BCUT2D eigenvalue weighted by Gasteiger charge is 2.36. The fourth-order valence-corrected chi connectivity index (χ4v) is 5.11. The van der Waals surface area contributed by atoms with Crippen molar-refractivity contribution in [2.45, 2.75) is 37.6 Å². The Kier molecular flexibility index (Phi) is 7.17. The van der Waals surface area contributed by atoms with Gasteiger partial charge in [0.25, 0.3) is 0 Å². The highest BCUT2D eigenvalue weighted by atomic mass is 16.5. The first-order chi connectivity index (χ1) is 16.5. The molecule has 176 valence electrons. The molecular weight excluding hydrogens is 432 g/mol. The van der Waals surface area contributed by atoms with Crippen LogP contribution < -0.4 is 5.32 Å². The van der Waals surface area contributed by atoms with E-state index in [1.54, 1.807) is 0 Å². The summed E-state index contributed by atoms with van der Waals surface area (Å²) in [5, 5.41) is 12.0. The lowest BCUT2D eigenvalue weighted by Crippen LogP contribution is -2.50. The van der Waals surface area contributed by atoms with Crippen molar-refractivity contribution in [1.82, 2.24) is 10.2 Å². The first-order valence-electron chi connectivity index (χ1n) is 11.5. The SMILES string of the molecule is C#CCN(CC(=O)O)C(=O)[C@H]1CCCC[C@H]1NC(=O)OCC1c2ccccc2-c2ccccc21. The normalized spacial score (nSPS) is 18.8. The lowest BCUT2D eigenvalue weighted by molar-refractivity contribution is -0.146. The molecule has 2 aromatic carbocycles. The van der Waals surface area contributed by atoms with Crippen molar-refractivity contribution in [1.29, 1.82) is 0 Å². The molecule has 0 spiro atoms. The van der Waals surface area contributed by atoms with Crippen molar-refractivity contribution in [2.75, 3.05) is 19.7 Å². The molecule has 7 nitrogen and oxygen atoms in total. The summed E-state index contributed by atoms with van der Waals surface area (Å²) in [7, 11) is 0. The van der Waals surface area contributed by atoms with Crippen LogP contribution >= 0.6 is 0 Å². The number of fused-ring (bicyclic) bond motifs is 3. The summed E-state index contributed by atoms with van der Waals surface area (Å²) in [4.78, 5) is 38.1. The summed E-state index contributed by atoms with van der Waals surface area (Å²) in [6, 6.07) is 15.8. The van der Waals surface area contributed by atoms with Gasteiger partial charge in [-0.05, 0) is 35.1 Å². The number of amides is 2. The molecule has 2 N–H and O–H groups in total. The lowest BCUT2D eigenvalue weighted by Gasteiger charge is -2.34. The monoisotopic (exact) mass is 460 g/mol. The van der Waals surface area contributed by atoms with Gasteiger partial charge in [0.15, 0.2) is 0 Å². The van der Waals surface area contributed by atoms with Gasteiger partial charge in [-0.3, -0.25) is 9.59 Å². The minimum atomic E-state index is -1.12. The number of hydrogen-bond acceptors (Lipinski definition) is 4. The van der Waals surface area contributed by atoms with Crippen LogP contribution in [0, 0.1) is 18.3 Å². The zero-order valence-electron chi connectivity index (χ0n) is 18.9. The molecule has 2 amide bonds. The van der Waals surface area contributed by atoms with Crippen LogP contribution in [-0.4, -0.2) is 53.7 Å². The lowest BCUT2D eigenvalue weighted by atomic mass is 9.83. The molecule has 34 heavy (non-hydrogen) atoms. The summed E-state index contributed by atoms with van der Waals surface area (Å²) in [5.74, 6) is 0.300. The Morgan fingerprint density at radius 2 is 1.65 bits per heavy atom. The van der Waals surface area contributed by atoms with E-state index in [2.05, 4.69) is 35.5 Å². The number of carbonyl (C=O) groups is 3. The van der Waals surface area contributed by atoms with Crippen LogP contribution in [-0.2, 0) is 14.3 Å². The van der Waals surface area contributed by atoms with Crippen LogP contribution in [0.15, 0.2) is 48.5 Å². The Morgan fingerprint density at radius 1 is 1.03 bits per heavy atom. The van der Waals surface area contributed by atoms with Gasteiger partial charge >= 0.3 is 12.1 Å². The van der Waals surface area contributed by atoms with Crippen LogP contribution in [0.25, 0.3) is 11.1 Å². The van der Waals surface area contributed by atoms with Gasteiger partial charge < -0.3 is 20.1 Å². The second kappa shape index (κ2) is 10.4. The quantitative estimate of drug-likeness (QED) is 0.615. The highest BCUT2D eigenvalue weighted by Crippen LogP contribution is 2.44. The Balaban J connectivity index is 1.42. The highest BCUT2D eigenvalue weighted by molar-refractivity contribution is 5.84. The molecule has 4 rings (SSSR count). The van der Waals surface area contributed by atoms with Gasteiger partial charge in [-0.25, -0.2) is 4.79 Å². The molecule has 2 aromatic rings. The standard InChI is InChI=1S/C27H28N2O5/c1-2-15-29(16-25(30)31)26(32)22-13-7-8-14-24(22)28-27(33)34-17-23-20-11-5-3-9-18(20)19-10-4-6-12-21(19)23/h1,3-6,9-12,22-24H,7-8,13-17H2,(H,28,33)(H,30,31)/t22-,24+/m0/s1. The Bertz CT molecular complexity index is 1080. The number of terminal acetylenes is 1. The third-order valence-electron chi connectivity index (χ3n) is 6.65. The van der Waals surface area contributed by atoms with Gasteiger partial charge in [0.1, 0.15) is 13.2 Å². The van der Waals surface area contributed by atoms with E-state index in [-0.39, 0.29) is 25.0 Å². The molecule has 7 heteroatoms. The number of carboxylic acids is 1. The zero-order valence-corrected chi connectivity index (χ0v) is 18.9. The Morgan fingerprint density at radius 3 is 2.26 bits per heavy atom. The van der Waals surface area contributed by atoms with E-state index in [0.29, 0.717) is 12.8 Å². The van der Waals surface area contributed by atoms with E-state index in [4.69, 9.17) is 16.3 Å². The van der Waals surface area contributed by atoms with E-state index in [9.17, 15) is 14.4 Å². The molecule has 0 unspecified atom stereocenters. The van der Waals surface area contributed by atoms with Gasteiger partial charge in [0.2, 0.25) is 5.91 Å². The summed E-state index contributed by atoms with van der Waals surface area (Å²) < 4.78 is 5.64. The van der Waals surface area contributed by atoms with Gasteiger partial charge in [0, 0.05) is 12.0 Å². The van der Waals surface area contributed by atoms with Crippen molar-refractivity contribution >= 4 is 18.0 Å². The van der Waals surface area contributed by atoms with Gasteiger partial charge in [-0.1, -0.05) is 67.3 Å². The van der Waals surface area contributed by atoms with Crippen LogP contribution in [0.3, 0.4) is 0 Å². The number of nitrogens with one attached hydrogen (secondary N) is 1. The third kappa shape index (κ3) is 4.91. The van der Waals surface area contributed by atoms with E-state index in [1.165, 1.54) is 0 Å². The number of ether oxygens (including phenoxy) is 1. The molecule has 1 saturated carbocycles. The van der Waals surface area contributed by atoms with Crippen LogP contribution in [0.1, 0.15) is 42.7 Å². The van der Waals surface area contributed by atoms with E-state index in [1.807, 2.05) is 24.3 Å². The molecule has 0 aromatic heterocycles. The molecule has 2 aliphatic carbocycles. The summed E-state index contributed by atoms with van der Waals surface area (Å²) in [6.45, 7) is -0.357. The molecular formula is C27H28N2O5. The van der Waals surface area contributed by atoms with E-state index < -0.39 is 30.6 Å². The smallest absolute Gasteiger partial charge is 0.407 e. The van der Waals surface area contributed by atoms with Crippen LogP contribution in [0.5, 0.6) is 0 Å². The molecule has 2 aliphatic rings. The van der Waals surface area contributed by atoms with Crippen molar-refractivity contribution < 1.29 is 24.2 Å². The maximum absolute atomic E-state index is 13.0. The van der Waals surface area contributed by atoms with Crippen molar-refractivity contribution in [3.8, 4) is 23.5 Å². The minimum absolute atomic E-state index is 0.0522. The van der Waals surface area contributed by atoms with Crippen LogP contribution in [0.2, 0.25) is 0 Å². The summed E-state index contributed by atoms with van der Waals surface area (Å²) >= 11 is 0. The average molecular weight is 461 g/mol. The average Bonchev–Trinajstić information content (AvgIpc) is 3.16. The fourth-order valence-electron chi connectivity index (χ4n) is 5.11. The van der Waals surface area contributed by atoms with Crippen LogP contribution in [0.4, 0.5) is 4.79 Å². The number of alkyl carbamates (subject to hydrolysis) is 1. The third-order valence-corrected chi connectivity index (χ3v) is 6.65. The Labute approximate surface area is 199 Å². The number of carboxylic acid groups (broad SMARTS) is 1. The maximum atomic E-state index is 13.0. The van der Waals surface area contributed by atoms with Crippen molar-refractivity contribution in [2.24, 2.45) is 5.92 Å². The molecule has 0 heterocycles. The molecule has 1 fully saturated rings. The molecule has 0 aliphatic heterocycles. The number of carbonyl (C=O) groups excluding carboxylic acids is 2. The second-order valence-corrected chi connectivity index (χ2v) is 8.76. The maximum Gasteiger partial charge on any atom is 0.407 e. The fraction of sp³-hybridized carbons (Fsp3) is 0.370. The first kappa shape index (κ1) is 23.4. The number of aliphatic carboxylic acids is 1.